The summed E-state index contributed by atoms with van der Waals surface area (Å²) in [5, 5.41) is 2.67. The first kappa shape index (κ1) is 8.01. The third kappa shape index (κ3) is 1.13. The van der Waals surface area contributed by atoms with Gasteiger partial charge in [0.2, 0.25) is 0 Å². The number of benzene rings is 2. The largest absolute Gasteiger partial charge is 0.376 e. The molecule has 70 valence electrons. The summed E-state index contributed by atoms with van der Waals surface area (Å²) in [5.41, 5.74) is 2.84. The molecule has 0 saturated carbocycles. The molecule has 0 saturated heterocycles. The first-order chi connectivity index (χ1) is 6.95. The molecule has 0 aromatic heterocycles. The van der Waals surface area contributed by atoms with E-state index in [9.17, 15) is 0 Å². The molecule has 0 fully saturated rings. The van der Waals surface area contributed by atoms with Crippen molar-refractivity contribution in [2.45, 2.75) is 13.0 Å². The van der Waals surface area contributed by atoms with Crippen molar-refractivity contribution in [3.05, 3.63) is 47.5 Å². The second-order valence-corrected chi connectivity index (χ2v) is 3.73. The van der Waals surface area contributed by atoms with Crippen LogP contribution in [0.25, 0.3) is 10.8 Å². The fourth-order valence-electron chi connectivity index (χ4n) is 2.14. The Labute approximate surface area is 83.3 Å². The Morgan fingerprint density at radius 2 is 1.93 bits per heavy atom. The third-order valence-electron chi connectivity index (χ3n) is 2.90. The minimum Gasteiger partial charge on any atom is -0.376 e. The predicted octanol–water partition coefficient (Wildman–Crippen LogP) is 2.91. The van der Waals surface area contributed by atoms with E-state index < -0.39 is 0 Å². The lowest BCUT2D eigenvalue weighted by Crippen LogP contribution is -2.09. The molecule has 1 aliphatic heterocycles. The maximum atomic E-state index is 5.50. The van der Waals surface area contributed by atoms with Gasteiger partial charge in [-0.15, -0.1) is 0 Å². The van der Waals surface area contributed by atoms with Gasteiger partial charge in [0.05, 0.1) is 13.2 Å². The molecule has 1 aliphatic rings. The van der Waals surface area contributed by atoms with Crippen molar-refractivity contribution in [3.63, 3.8) is 0 Å². The predicted molar refractivity (Wildman–Crippen MR) is 57.3 cm³/mol. The van der Waals surface area contributed by atoms with Gasteiger partial charge >= 0.3 is 0 Å². The molecule has 0 spiro atoms. The zero-order chi connectivity index (χ0) is 9.38. The van der Waals surface area contributed by atoms with Crippen LogP contribution in [-0.2, 0) is 17.8 Å². The molecule has 0 radical (unpaired) electrons. The van der Waals surface area contributed by atoms with E-state index in [1.165, 1.54) is 21.9 Å². The van der Waals surface area contributed by atoms with E-state index in [1.807, 2.05) is 0 Å². The van der Waals surface area contributed by atoms with Crippen LogP contribution in [0.5, 0.6) is 0 Å². The second kappa shape index (κ2) is 3.10. The smallest absolute Gasteiger partial charge is 0.0725 e. The highest BCUT2D eigenvalue weighted by Gasteiger charge is 2.11. The van der Waals surface area contributed by atoms with Gasteiger partial charge in [-0.05, 0) is 28.3 Å². The first-order valence-corrected chi connectivity index (χ1v) is 5.02. The Hall–Kier alpha value is -1.34. The fraction of sp³-hybridized carbons (Fsp3) is 0.231. The van der Waals surface area contributed by atoms with Gasteiger partial charge in [0.15, 0.2) is 0 Å². The molecule has 1 heterocycles. The van der Waals surface area contributed by atoms with Crippen LogP contribution < -0.4 is 0 Å². The molecule has 0 bridgehead atoms. The van der Waals surface area contributed by atoms with Crippen molar-refractivity contribution in [2.75, 3.05) is 6.61 Å². The Bertz CT molecular complexity index is 474. The van der Waals surface area contributed by atoms with Gasteiger partial charge in [0.25, 0.3) is 0 Å². The van der Waals surface area contributed by atoms with Gasteiger partial charge < -0.3 is 4.74 Å². The fourth-order valence-corrected chi connectivity index (χ4v) is 2.14. The van der Waals surface area contributed by atoms with Gasteiger partial charge in [0.1, 0.15) is 0 Å². The zero-order valence-corrected chi connectivity index (χ0v) is 7.99. The van der Waals surface area contributed by atoms with Crippen molar-refractivity contribution in [2.24, 2.45) is 0 Å². The molecule has 3 rings (SSSR count). The number of hydrogen-bond acceptors (Lipinski definition) is 1. The van der Waals surface area contributed by atoms with Gasteiger partial charge in [-0.3, -0.25) is 0 Å². The molecule has 2 aromatic carbocycles. The third-order valence-corrected chi connectivity index (χ3v) is 2.90. The maximum absolute atomic E-state index is 5.50. The van der Waals surface area contributed by atoms with Gasteiger partial charge in [-0.25, -0.2) is 0 Å². The summed E-state index contributed by atoms with van der Waals surface area (Å²) >= 11 is 0. The molecular weight excluding hydrogens is 172 g/mol. The van der Waals surface area contributed by atoms with Crippen molar-refractivity contribution >= 4 is 10.8 Å². The van der Waals surface area contributed by atoms with Crippen LogP contribution in [0.4, 0.5) is 0 Å². The van der Waals surface area contributed by atoms with Crippen LogP contribution >= 0.6 is 0 Å². The van der Waals surface area contributed by atoms with E-state index in [-0.39, 0.29) is 0 Å². The Morgan fingerprint density at radius 1 is 1.00 bits per heavy atom. The lowest BCUT2D eigenvalue weighted by molar-refractivity contribution is 0.112. The van der Waals surface area contributed by atoms with Crippen molar-refractivity contribution < 1.29 is 4.74 Å². The number of fused-ring (bicyclic) bond motifs is 3. The standard InChI is InChI=1S/C13H12O/c1-2-4-12-10(3-1)5-6-11-7-8-14-9-13(11)12/h1-6H,7-9H2. The molecule has 0 N–H and O–H groups in total. The summed E-state index contributed by atoms with van der Waals surface area (Å²) in [4.78, 5) is 0. The van der Waals surface area contributed by atoms with Crippen molar-refractivity contribution in [1.29, 1.82) is 0 Å². The van der Waals surface area contributed by atoms with E-state index >= 15 is 0 Å². The average molecular weight is 184 g/mol. The van der Waals surface area contributed by atoms with Crippen LogP contribution in [0.15, 0.2) is 36.4 Å². The van der Waals surface area contributed by atoms with Crippen molar-refractivity contribution in [3.8, 4) is 0 Å². The molecule has 1 nitrogen and oxygen atoms in total. The Balaban J connectivity index is 2.34. The van der Waals surface area contributed by atoms with E-state index in [4.69, 9.17) is 4.74 Å². The first-order valence-electron chi connectivity index (χ1n) is 5.02. The van der Waals surface area contributed by atoms with E-state index in [0.29, 0.717) is 0 Å². The maximum Gasteiger partial charge on any atom is 0.0725 e. The summed E-state index contributed by atoms with van der Waals surface area (Å²) in [7, 11) is 0. The molecule has 14 heavy (non-hydrogen) atoms. The second-order valence-electron chi connectivity index (χ2n) is 3.73. The minimum absolute atomic E-state index is 0.774. The molecule has 0 unspecified atom stereocenters. The number of rotatable bonds is 0. The highest BCUT2D eigenvalue weighted by atomic mass is 16.5. The number of hydrogen-bond donors (Lipinski definition) is 0. The van der Waals surface area contributed by atoms with Crippen LogP contribution in [0.3, 0.4) is 0 Å². The van der Waals surface area contributed by atoms with Gasteiger partial charge in [-0.2, -0.15) is 0 Å². The van der Waals surface area contributed by atoms with E-state index in [0.717, 1.165) is 19.6 Å². The molecule has 0 aliphatic carbocycles. The summed E-state index contributed by atoms with van der Waals surface area (Å²) in [6, 6.07) is 13.0. The lowest BCUT2D eigenvalue weighted by Gasteiger charge is -2.18. The monoisotopic (exact) mass is 184 g/mol. The quantitative estimate of drug-likeness (QED) is 0.611. The summed E-state index contributed by atoms with van der Waals surface area (Å²) in [6.07, 6.45) is 1.06. The van der Waals surface area contributed by atoms with Crippen LogP contribution in [0, 0.1) is 0 Å². The van der Waals surface area contributed by atoms with Gasteiger partial charge in [0, 0.05) is 0 Å². The van der Waals surface area contributed by atoms with Crippen molar-refractivity contribution in [1.82, 2.24) is 0 Å². The van der Waals surface area contributed by atoms with Crippen LogP contribution in [-0.4, -0.2) is 6.61 Å². The van der Waals surface area contributed by atoms with Gasteiger partial charge in [-0.1, -0.05) is 36.4 Å². The molecule has 1 heteroatoms. The highest BCUT2D eigenvalue weighted by Crippen LogP contribution is 2.26. The Morgan fingerprint density at radius 3 is 2.93 bits per heavy atom. The molecule has 0 atom stereocenters. The van der Waals surface area contributed by atoms with Crippen LogP contribution in [0.1, 0.15) is 11.1 Å². The summed E-state index contributed by atoms with van der Waals surface area (Å²) in [6.45, 7) is 1.64. The summed E-state index contributed by atoms with van der Waals surface area (Å²) < 4.78 is 5.50. The highest BCUT2D eigenvalue weighted by molar-refractivity contribution is 5.86. The average Bonchev–Trinajstić information content (AvgIpc) is 2.29. The topological polar surface area (TPSA) is 9.23 Å². The Kier molecular flexibility index (Phi) is 1.78. The molecule has 2 aromatic rings. The minimum atomic E-state index is 0.774. The SMILES string of the molecule is c1ccc2c3c(ccc2c1)CCOC3. The number of ether oxygens (including phenoxy) is 1. The molecular formula is C13H12O. The van der Waals surface area contributed by atoms with E-state index in [2.05, 4.69) is 36.4 Å². The van der Waals surface area contributed by atoms with Crippen LogP contribution in [0.2, 0.25) is 0 Å². The lowest BCUT2D eigenvalue weighted by atomic mass is 9.96. The zero-order valence-electron chi connectivity index (χ0n) is 7.99. The van der Waals surface area contributed by atoms with E-state index in [1.54, 1.807) is 0 Å². The summed E-state index contributed by atoms with van der Waals surface area (Å²) in [5.74, 6) is 0. The normalized spacial score (nSPS) is 15.4. The molecule has 0 amide bonds.